The van der Waals surface area contributed by atoms with E-state index >= 15 is 0 Å². The van der Waals surface area contributed by atoms with Crippen LogP contribution >= 0.6 is 0 Å². The number of nitrogens with zero attached hydrogens (tertiary/aromatic N) is 4. The van der Waals surface area contributed by atoms with Gasteiger partial charge in [-0.15, -0.1) is 0 Å². The first-order chi connectivity index (χ1) is 17.4. The average molecular weight is 493 g/mol. The molecule has 188 valence electrons. The number of amides is 1. The van der Waals surface area contributed by atoms with Gasteiger partial charge in [0.15, 0.2) is 5.82 Å². The molecule has 36 heavy (non-hydrogen) atoms. The molecule has 3 heterocycles. The van der Waals surface area contributed by atoms with E-state index in [2.05, 4.69) is 31.0 Å². The first-order valence-electron chi connectivity index (χ1n) is 11.9. The molecular weight excluding hydrogens is 463 g/mol. The molecule has 1 aliphatic heterocycles. The molecule has 2 aromatic carbocycles. The van der Waals surface area contributed by atoms with Gasteiger partial charge in [-0.3, -0.25) is 9.48 Å². The Hall–Kier alpha value is -3.83. The van der Waals surface area contributed by atoms with Crippen molar-refractivity contribution in [1.29, 1.82) is 0 Å². The predicted molar refractivity (Wildman–Crippen MR) is 138 cm³/mol. The molecule has 0 spiro atoms. The summed E-state index contributed by atoms with van der Waals surface area (Å²) in [5, 5.41) is 14.8. The fourth-order valence-electron chi connectivity index (χ4n) is 4.28. The fraction of sp³-hybridized carbons (Fsp3) is 0.360. The number of nitrogens with two attached hydrogens (primary N) is 1. The van der Waals surface area contributed by atoms with Gasteiger partial charge in [-0.25, -0.2) is 14.4 Å². The summed E-state index contributed by atoms with van der Waals surface area (Å²) < 4.78 is 21.5. The highest BCUT2D eigenvalue weighted by Gasteiger charge is 2.19. The molecule has 10 nitrogen and oxygen atoms in total. The smallest absolute Gasteiger partial charge is 0.257 e. The maximum Gasteiger partial charge on any atom is 0.257 e. The second-order valence-corrected chi connectivity index (χ2v) is 9.24. The molecule has 1 amide bonds. The van der Waals surface area contributed by atoms with Crippen molar-refractivity contribution in [2.45, 2.75) is 19.4 Å². The van der Waals surface area contributed by atoms with Gasteiger partial charge in [0.1, 0.15) is 5.52 Å². The van der Waals surface area contributed by atoms with Gasteiger partial charge in [0.25, 0.3) is 5.91 Å². The fourth-order valence-corrected chi connectivity index (χ4v) is 4.28. The van der Waals surface area contributed by atoms with E-state index in [1.807, 2.05) is 6.92 Å². The van der Waals surface area contributed by atoms with Crippen LogP contribution in [0.3, 0.4) is 0 Å². The van der Waals surface area contributed by atoms with Gasteiger partial charge in [0.2, 0.25) is 5.95 Å². The summed E-state index contributed by atoms with van der Waals surface area (Å²) >= 11 is 0. The Balaban J connectivity index is 1.47. The first kappa shape index (κ1) is 23.9. The normalized spacial score (nSPS) is 16.4. The number of hydrogen-bond acceptors (Lipinski definition) is 8. The number of aryl methyl sites for hydroxylation is 1. The monoisotopic (exact) mass is 492 g/mol. The highest BCUT2D eigenvalue weighted by atomic mass is 19.1. The number of rotatable bonds is 8. The van der Waals surface area contributed by atoms with E-state index in [0.717, 1.165) is 18.7 Å². The van der Waals surface area contributed by atoms with Crippen LogP contribution < -0.4 is 21.7 Å². The van der Waals surface area contributed by atoms with Crippen LogP contribution in [0, 0.1) is 11.7 Å². The van der Waals surface area contributed by atoms with Crippen LogP contribution in [0.5, 0.6) is 0 Å². The number of fused-ring (bicyclic) bond motifs is 2. The van der Waals surface area contributed by atoms with E-state index in [4.69, 9.17) is 10.5 Å². The largest absolute Gasteiger partial charge is 0.383 e. The molecule has 2 atom stereocenters. The number of aromatic nitrogens is 4. The molecular formula is C25H29FN8O2. The van der Waals surface area contributed by atoms with Crippen LogP contribution in [0.2, 0.25) is 0 Å². The van der Waals surface area contributed by atoms with E-state index in [9.17, 15) is 9.18 Å². The lowest BCUT2D eigenvalue weighted by Gasteiger charge is -2.15. The SMILES string of the molecule is C[C@@H](N)CNc1ccc(C(=O)Nc2cc(F)c3nn(C)cc3c2)c2nc(NC[C@H]3CCOC3)ncc12. The van der Waals surface area contributed by atoms with Gasteiger partial charge >= 0.3 is 0 Å². The molecule has 5 rings (SSSR count). The summed E-state index contributed by atoms with van der Waals surface area (Å²) in [6, 6.07) is 6.39. The van der Waals surface area contributed by atoms with Gasteiger partial charge in [-0.2, -0.15) is 5.10 Å². The standard InChI is InChI=1S/C25H29FN8O2/c1-14(27)9-28-21-4-3-18(23-19(21)11-30-25(32-23)29-10-15-5-6-36-13-15)24(35)31-17-7-16-12-34(2)33-22(16)20(26)8-17/h3-4,7-8,11-12,14-15,28H,5-6,9-10,13,27H2,1-2H3,(H,31,35)(H,29,30,32)/t14-,15-/m1/s1. The Labute approximate surface area is 207 Å². The summed E-state index contributed by atoms with van der Waals surface area (Å²) in [4.78, 5) is 22.5. The first-order valence-corrected chi connectivity index (χ1v) is 11.9. The van der Waals surface area contributed by atoms with Crippen molar-refractivity contribution in [1.82, 2.24) is 19.7 Å². The summed E-state index contributed by atoms with van der Waals surface area (Å²) in [7, 11) is 1.72. The van der Waals surface area contributed by atoms with Crippen LogP contribution in [-0.2, 0) is 11.8 Å². The van der Waals surface area contributed by atoms with Crippen molar-refractivity contribution in [2.24, 2.45) is 18.7 Å². The van der Waals surface area contributed by atoms with Crippen molar-refractivity contribution < 1.29 is 13.9 Å². The summed E-state index contributed by atoms with van der Waals surface area (Å²) in [6.07, 6.45) is 4.37. The van der Waals surface area contributed by atoms with Crippen LogP contribution in [0.15, 0.2) is 36.7 Å². The summed E-state index contributed by atoms with van der Waals surface area (Å²) in [5.41, 5.74) is 8.09. The molecule has 4 aromatic rings. The molecule has 1 fully saturated rings. The van der Waals surface area contributed by atoms with Crippen molar-refractivity contribution >= 4 is 45.0 Å². The number of hydrogen-bond donors (Lipinski definition) is 4. The Bertz CT molecular complexity index is 1410. The molecule has 0 saturated carbocycles. The third kappa shape index (κ3) is 5.07. The zero-order valence-corrected chi connectivity index (χ0v) is 20.2. The number of nitrogens with one attached hydrogen (secondary N) is 3. The summed E-state index contributed by atoms with van der Waals surface area (Å²) in [6.45, 7) is 4.60. The number of carbonyl (C=O) groups excluding carboxylic acids is 1. The maximum atomic E-state index is 14.6. The van der Waals surface area contributed by atoms with Gasteiger partial charge < -0.3 is 26.4 Å². The molecule has 0 unspecified atom stereocenters. The lowest BCUT2D eigenvalue weighted by Crippen LogP contribution is -2.25. The van der Waals surface area contributed by atoms with Crippen LogP contribution in [0.4, 0.5) is 21.7 Å². The number of carbonyl (C=O) groups is 1. The van der Waals surface area contributed by atoms with E-state index in [1.165, 1.54) is 10.7 Å². The van der Waals surface area contributed by atoms with Gasteiger partial charge in [0.05, 0.1) is 17.7 Å². The molecule has 0 radical (unpaired) electrons. The second-order valence-electron chi connectivity index (χ2n) is 9.24. The Morgan fingerprint density at radius 3 is 2.94 bits per heavy atom. The number of halogens is 1. The quantitative estimate of drug-likeness (QED) is 0.295. The average Bonchev–Trinajstić information content (AvgIpc) is 3.50. The molecule has 1 saturated heterocycles. The van der Waals surface area contributed by atoms with E-state index in [-0.39, 0.29) is 11.6 Å². The Morgan fingerprint density at radius 2 is 2.17 bits per heavy atom. The van der Waals surface area contributed by atoms with Crippen LogP contribution in [-0.4, -0.2) is 58.0 Å². The third-order valence-corrected chi connectivity index (χ3v) is 6.12. The highest BCUT2D eigenvalue weighted by molar-refractivity contribution is 6.14. The van der Waals surface area contributed by atoms with Crippen LogP contribution in [0.1, 0.15) is 23.7 Å². The second kappa shape index (κ2) is 10.0. The van der Waals surface area contributed by atoms with Crippen molar-refractivity contribution in [2.75, 3.05) is 42.3 Å². The Kier molecular flexibility index (Phi) is 6.66. The molecule has 2 aromatic heterocycles. The van der Waals surface area contributed by atoms with Gasteiger partial charge in [0, 0.05) is 73.2 Å². The van der Waals surface area contributed by atoms with Crippen molar-refractivity contribution in [3.63, 3.8) is 0 Å². The van der Waals surface area contributed by atoms with Gasteiger partial charge in [-0.1, -0.05) is 0 Å². The summed E-state index contributed by atoms with van der Waals surface area (Å²) in [5.74, 6) is -0.0948. The molecule has 5 N–H and O–H groups in total. The predicted octanol–water partition coefficient (Wildman–Crippen LogP) is 3.12. The number of anilines is 3. The lowest BCUT2D eigenvalue weighted by atomic mass is 10.1. The minimum atomic E-state index is -0.506. The maximum absolute atomic E-state index is 14.6. The molecule has 1 aliphatic rings. The number of benzene rings is 2. The van der Waals surface area contributed by atoms with Gasteiger partial charge in [-0.05, 0) is 37.6 Å². The number of ether oxygens (including phenoxy) is 1. The molecule has 11 heteroatoms. The van der Waals surface area contributed by atoms with Crippen molar-refractivity contribution in [3.05, 3.63) is 48.0 Å². The van der Waals surface area contributed by atoms with Crippen LogP contribution in [0.25, 0.3) is 21.8 Å². The topological polar surface area (TPSA) is 132 Å². The van der Waals surface area contributed by atoms with E-state index in [0.29, 0.717) is 59.1 Å². The highest BCUT2D eigenvalue weighted by Crippen LogP contribution is 2.28. The minimum Gasteiger partial charge on any atom is -0.383 e. The molecule has 0 aliphatic carbocycles. The van der Waals surface area contributed by atoms with Crippen molar-refractivity contribution in [3.8, 4) is 0 Å². The Morgan fingerprint density at radius 1 is 1.31 bits per heavy atom. The third-order valence-electron chi connectivity index (χ3n) is 6.12. The lowest BCUT2D eigenvalue weighted by molar-refractivity contribution is 0.102. The molecule has 0 bridgehead atoms. The zero-order chi connectivity index (χ0) is 25.2. The zero-order valence-electron chi connectivity index (χ0n) is 20.2. The van der Waals surface area contributed by atoms with E-state index < -0.39 is 11.7 Å². The minimum absolute atomic E-state index is 0.0594. The van der Waals surface area contributed by atoms with E-state index in [1.54, 1.807) is 37.6 Å².